The summed E-state index contributed by atoms with van der Waals surface area (Å²) in [5, 5.41) is 1.05. The number of aromatic nitrogens is 2. The summed E-state index contributed by atoms with van der Waals surface area (Å²) in [6.07, 6.45) is 5.30. The Morgan fingerprint density at radius 3 is 2.70 bits per heavy atom. The third-order valence-corrected chi connectivity index (χ3v) is 4.96. The third kappa shape index (κ3) is 3.92. The molecule has 0 radical (unpaired) electrons. The average molecular weight is 296 g/mol. The topological polar surface area (TPSA) is 32.3 Å². The van der Waals surface area contributed by atoms with Crippen molar-refractivity contribution < 1.29 is 0 Å². The predicted molar refractivity (Wildman–Crippen MR) is 86.8 cm³/mol. The van der Waals surface area contributed by atoms with Crippen molar-refractivity contribution in [2.24, 2.45) is 0 Å². The highest BCUT2D eigenvalue weighted by Crippen LogP contribution is 2.25. The molecule has 2 heterocycles. The molecule has 5 heteroatoms. The molecule has 1 atom stereocenters. The zero-order valence-electron chi connectivity index (χ0n) is 13.5. The van der Waals surface area contributed by atoms with E-state index in [2.05, 4.69) is 54.0 Å². The van der Waals surface area contributed by atoms with E-state index in [1.165, 1.54) is 43.8 Å². The molecular weight excluding hydrogens is 268 g/mol. The average Bonchev–Trinajstić information content (AvgIpc) is 2.87. The molecule has 1 aromatic rings. The van der Waals surface area contributed by atoms with Crippen molar-refractivity contribution in [3.05, 3.63) is 5.82 Å². The molecule has 4 nitrogen and oxygen atoms in total. The maximum atomic E-state index is 4.68. The Morgan fingerprint density at radius 2 is 2.10 bits per heavy atom. The molecule has 1 aliphatic rings. The van der Waals surface area contributed by atoms with Crippen LogP contribution in [0.3, 0.4) is 0 Å². The van der Waals surface area contributed by atoms with Gasteiger partial charge in [0, 0.05) is 36.6 Å². The molecular formula is C15H28N4S. The van der Waals surface area contributed by atoms with Gasteiger partial charge in [-0.2, -0.15) is 4.37 Å². The second kappa shape index (κ2) is 6.39. The molecule has 1 aliphatic heterocycles. The molecule has 0 saturated carbocycles. The molecule has 0 N–H and O–H groups in total. The number of hydrogen-bond acceptors (Lipinski definition) is 5. The van der Waals surface area contributed by atoms with Crippen LogP contribution in [0.25, 0.3) is 0 Å². The molecule has 1 unspecified atom stereocenters. The molecule has 0 aromatic carbocycles. The van der Waals surface area contributed by atoms with Gasteiger partial charge in [0.2, 0.25) is 5.13 Å². The number of piperidine rings is 1. The zero-order valence-corrected chi connectivity index (χ0v) is 14.3. The molecule has 0 spiro atoms. The monoisotopic (exact) mass is 296 g/mol. The van der Waals surface area contributed by atoms with Gasteiger partial charge in [-0.1, -0.05) is 27.2 Å². The van der Waals surface area contributed by atoms with Crippen LogP contribution in [0.5, 0.6) is 0 Å². The summed E-state index contributed by atoms with van der Waals surface area (Å²) in [5.41, 5.74) is 0.0409. The molecule has 1 saturated heterocycles. The molecule has 114 valence electrons. The number of nitrogens with zero attached hydrogens (tertiary/aromatic N) is 4. The maximum absolute atomic E-state index is 4.68. The van der Waals surface area contributed by atoms with Gasteiger partial charge in [0.1, 0.15) is 5.82 Å². The summed E-state index contributed by atoms with van der Waals surface area (Å²) in [6, 6.07) is 0.737. The molecule has 0 amide bonds. The Bertz CT molecular complexity index is 424. The molecule has 20 heavy (non-hydrogen) atoms. The van der Waals surface area contributed by atoms with Crippen LogP contribution in [0.15, 0.2) is 0 Å². The molecule has 2 rings (SSSR count). The lowest BCUT2D eigenvalue weighted by Crippen LogP contribution is -2.38. The second-order valence-electron chi connectivity index (χ2n) is 6.99. The Morgan fingerprint density at radius 1 is 1.35 bits per heavy atom. The van der Waals surface area contributed by atoms with Crippen LogP contribution in [-0.4, -0.2) is 47.5 Å². The van der Waals surface area contributed by atoms with E-state index in [1.54, 1.807) is 0 Å². The summed E-state index contributed by atoms with van der Waals surface area (Å²) < 4.78 is 4.50. The smallest absolute Gasteiger partial charge is 0.204 e. The first-order chi connectivity index (χ1) is 9.38. The quantitative estimate of drug-likeness (QED) is 0.854. The van der Waals surface area contributed by atoms with Gasteiger partial charge in [0.25, 0.3) is 0 Å². The molecule has 1 aromatic heterocycles. The summed E-state index contributed by atoms with van der Waals surface area (Å²) in [7, 11) is 4.39. The van der Waals surface area contributed by atoms with Crippen LogP contribution in [0.4, 0.5) is 5.13 Å². The normalized spacial score (nSPS) is 21.1. The SMILES string of the molecule is CN(CCC1CCCCN1C)c1nc(C(C)(C)C)ns1. The minimum Gasteiger partial charge on any atom is -0.350 e. The summed E-state index contributed by atoms with van der Waals surface area (Å²) in [6.45, 7) is 8.80. The third-order valence-electron chi connectivity index (χ3n) is 4.13. The minimum atomic E-state index is 0.0409. The van der Waals surface area contributed by atoms with Gasteiger partial charge in [-0.05, 0) is 32.9 Å². The van der Waals surface area contributed by atoms with Crippen LogP contribution in [0.1, 0.15) is 52.3 Å². The molecule has 1 fully saturated rings. The highest BCUT2D eigenvalue weighted by Gasteiger charge is 2.22. The van der Waals surface area contributed by atoms with Crippen molar-refractivity contribution in [3.63, 3.8) is 0 Å². The fraction of sp³-hybridized carbons (Fsp3) is 0.867. The zero-order chi connectivity index (χ0) is 14.8. The Labute approximate surface area is 127 Å². The van der Waals surface area contributed by atoms with E-state index >= 15 is 0 Å². The van der Waals surface area contributed by atoms with Crippen molar-refractivity contribution in [1.82, 2.24) is 14.3 Å². The fourth-order valence-electron chi connectivity index (χ4n) is 2.62. The highest BCUT2D eigenvalue weighted by molar-refractivity contribution is 7.09. The Balaban J connectivity index is 1.88. The van der Waals surface area contributed by atoms with Crippen LogP contribution in [0, 0.1) is 0 Å². The largest absolute Gasteiger partial charge is 0.350 e. The fourth-order valence-corrected chi connectivity index (χ4v) is 3.46. The van der Waals surface area contributed by atoms with Crippen LogP contribution in [0.2, 0.25) is 0 Å². The lowest BCUT2D eigenvalue weighted by atomic mass is 9.96. The van der Waals surface area contributed by atoms with Gasteiger partial charge < -0.3 is 9.80 Å². The predicted octanol–water partition coefficient (Wildman–Crippen LogP) is 3.15. The lowest BCUT2D eigenvalue weighted by Gasteiger charge is -2.33. The van der Waals surface area contributed by atoms with Crippen LogP contribution in [-0.2, 0) is 5.41 Å². The summed E-state index contributed by atoms with van der Waals surface area (Å²) in [4.78, 5) is 9.46. The maximum Gasteiger partial charge on any atom is 0.204 e. The van der Waals surface area contributed by atoms with E-state index in [0.717, 1.165) is 23.5 Å². The number of hydrogen-bond donors (Lipinski definition) is 0. The van der Waals surface area contributed by atoms with E-state index < -0.39 is 0 Å². The van der Waals surface area contributed by atoms with E-state index in [9.17, 15) is 0 Å². The van der Waals surface area contributed by atoms with Crippen molar-refractivity contribution in [1.29, 1.82) is 0 Å². The molecule has 0 aliphatic carbocycles. The van der Waals surface area contributed by atoms with E-state index in [4.69, 9.17) is 0 Å². The first-order valence-corrected chi connectivity index (χ1v) is 8.41. The van der Waals surface area contributed by atoms with Crippen molar-refractivity contribution in [3.8, 4) is 0 Å². The highest BCUT2D eigenvalue weighted by atomic mass is 32.1. The first kappa shape index (κ1) is 15.7. The second-order valence-corrected chi connectivity index (χ2v) is 7.72. The summed E-state index contributed by atoms with van der Waals surface area (Å²) >= 11 is 1.52. The van der Waals surface area contributed by atoms with Crippen LogP contribution < -0.4 is 4.90 Å². The minimum absolute atomic E-state index is 0.0409. The van der Waals surface area contributed by atoms with Gasteiger partial charge in [0.15, 0.2) is 0 Å². The van der Waals surface area contributed by atoms with Crippen molar-refractivity contribution >= 4 is 16.7 Å². The summed E-state index contributed by atoms with van der Waals surface area (Å²) in [5.74, 6) is 0.958. The van der Waals surface area contributed by atoms with Gasteiger partial charge in [0.05, 0.1) is 0 Å². The molecule has 0 bridgehead atoms. The van der Waals surface area contributed by atoms with Crippen molar-refractivity contribution in [2.75, 3.05) is 32.1 Å². The van der Waals surface area contributed by atoms with E-state index in [-0.39, 0.29) is 5.41 Å². The first-order valence-electron chi connectivity index (χ1n) is 7.63. The van der Waals surface area contributed by atoms with E-state index in [0.29, 0.717) is 0 Å². The van der Waals surface area contributed by atoms with Gasteiger partial charge in [-0.15, -0.1) is 0 Å². The van der Waals surface area contributed by atoms with Crippen LogP contribution >= 0.6 is 11.5 Å². The van der Waals surface area contributed by atoms with Crippen molar-refractivity contribution in [2.45, 2.75) is 57.9 Å². The van der Waals surface area contributed by atoms with E-state index in [1.807, 2.05) is 0 Å². The van der Waals surface area contributed by atoms with Gasteiger partial charge in [-0.25, -0.2) is 4.98 Å². The number of anilines is 1. The lowest BCUT2D eigenvalue weighted by molar-refractivity contribution is 0.178. The van der Waals surface area contributed by atoms with Gasteiger partial charge >= 0.3 is 0 Å². The van der Waals surface area contributed by atoms with Gasteiger partial charge in [-0.3, -0.25) is 0 Å². The Kier molecular flexibility index (Phi) is 5.02. The Hall–Kier alpha value is -0.680. The number of rotatable bonds is 4. The standard InChI is InChI=1S/C15H28N4S/c1-15(2,3)13-16-14(20-17-13)19(5)11-9-12-8-6-7-10-18(12)4/h12H,6-11H2,1-5H3. The number of likely N-dealkylation sites (tertiary alicyclic amines) is 1.